The fourth-order valence-electron chi connectivity index (χ4n) is 6.84. The topological polar surface area (TPSA) is 12.9 Å². The third-order valence-corrected chi connectivity index (χ3v) is 9.18. The number of rotatable bonds is 1. The average molecular weight is 599 g/mol. The zero-order valence-electron chi connectivity index (χ0n) is 20.0. The molecule has 0 saturated heterocycles. The van der Waals surface area contributed by atoms with Crippen LogP contribution in [0.25, 0.3) is 11.3 Å². The van der Waals surface area contributed by atoms with Gasteiger partial charge in [0.25, 0.3) is 0 Å². The van der Waals surface area contributed by atoms with E-state index in [0.717, 1.165) is 17.2 Å². The summed E-state index contributed by atoms with van der Waals surface area (Å²) in [6.07, 6.45) is 4.71. The Morgan fingerprint density at radius 2 is 1.53 bits per heavy atom. The molecule has 2 heteroatoms. The maximum absolute atomic E-state index is 4.95. The number of hydrogen-bond donors (Lipinski definition) is 0. The number of aromatic nitrogens is 1. The molecule has 1 radical (unpaired) electrons. The van der Waals surface area contributed by atoms with Crippen molar-refractivity contribution in [3.05, 3.63) is 88.1 Å². The van der Waals surface area contributed by atoms with Gasteiger partial charge in [-0.3, -0.25) is 0 Å². The molecule has 4 aliphatic carbocycles. The van der Waals surface area contributed by atoms with Crippen molar-refractivity contribution < 1.29 is 20.1 Å². The van der Waals surface area contributed by atoms with Crippen LogP contribution in [-0.2, 0) is 37.4 Å². The van der Waals surface area contributed by atoms with Crippen LogP contribution < -0.4 is 0 Å². The minimum Gasteiger partial charge on any atom is -0.304 e. The van der Waals surface area contributed by atoms with E-state index in [0.29, 0.717) is 11.3 Å². The molecule has 1 fully saturated rings. The molecule has 32 heavy (non-hydrogen) atoms. The Balaban J connectivity index is 0.00000216. The van der Waals surface area contributed by atoms with Gasteiger partial charge in [-0.15, -0.1) is 34.9 Å². The molecule has 0 N–H and O–H groups in total. The first-order chi connectivity index (χ1) is 14.6. The molecular weight excluding hydrogens is 567 g/mol. The van der Waals surface area contributed by atoms with Crippen LogP contribution in [0, 0.1) is 17.4 Å². The number of hydrogen-bond acceptors (Lipinski definition) is 1. The van der Waals surface area contributed by atoms with Gasteiger partial charge >= 0.3 is 0 Å². The van der Waals surface area contributed by atoms with E-state index in [9.17, 15) is 0 Å². The van der Waals surface area contributed by atoms with Gasteiger partial charge in [0.05, 0.1) is 0 Å². The Hall–Kier alpha value is -1.76. The Bertz CT molecular complexity index is 1230. The molecule has 0 amide bonds. The molecule has 1 nitrogen and oxygen atoms in total. The number of benzene rings is 2. The van der Waals surface area contributed by atoms with E-state index in [1.807, 2.05) is 0 Å². The van der Waals surface area contributed by atoms with Crippen LogP contribution >= 0.6 is 0 Å². The third-order valence-electron chi connectivity index (χ3n) is 9.18. The maximum Gasteiger partial charge on any atom is 0.0198 e. The maximum atomic E-state index is 4.95. The minimum absolute atomic E-state index is 0. The molecule has 1 saturated carbocycles. The molecule has 1 aromatic heterocycles. The standard InChI is InChI=1S/C30H32N.Ir/c1-28(2)20-13-19-15-27(31-17-21(19)25(28)16-20)18-11-12-24-26(14-18)30(5,6)23-10-8-7-9-22(23)29(24,3)4;/h7-10,12,14-15,17,20,25H,13,16H2,1-6H3;/q-1;. The van der Waals surface area contributed by atoms with Crippen molar-refractivity contribution in [1.82, 2.24) is 4.98 Å². The summed E-state index contributed by atoms with van der Waals surface area (Å²) in [5, 5.41) is 0. The van der Waals surface area contributed by atoms with Gasteiger partial charge in [0, 0.05) is 26.3 Å². The van der Waals surface area contributed by atoms with Crippen LogP contribution in [-0.4, -0.2) is 4.98 Å². The van der Waals surface area contributed by atoms with Crippen LogP contribution in [0.4, 0.5) is 0 Å². The van der Waals surface area contributed by atoms with Gasteiger partial charge in [0.1, 0.15) is 0 Å². The van der Waals surface area contributed by atoms with Gasteiger partial charge in [0.15, 0.2) is 0 Å². The summed E-state index contributed by atoms with van der Waals surface area (Å²) in [6.45, 7) is 14.3. The Kier molecular flexibility index (Phi) is 4.74. The Morgan fingerprint density at radius 3 is 2.19 bits per heavy atom. The van der Waals surface area contributed by atoms with E-state index in [2.05, 4.69) is 96.3 Å². The van der Waals surface area contributed by atoms with Crippen molar-refractivity contribution >= 4 is 0 Å². The Labute approximate surface area is 206 Å². The average Bonchev–Trinajstić information content (AvgIpc) is 2.77. The van der Waals surface area contributed by atoms with Gasteiger partial charge in [-0.25, -0.2) is 0 Å². The monoisotopic (exact) mass is 599 g/mol. The largest absolute Gasteiger partial charge is 0.304 e. The molecule has 4 aliphatic rings. The van der Waals surface area contributed by atoms with Crippen LogP contribution in [0.5, 0.6) is 0 Å². The minimum atomic E-state index is -0.0366. The molecule has 2 atom stereocenters. The molecule has 3 aromatic rings. The molecular formula is C30H32IrN-. The number of nitrogens with zero attached hydrogens (tertiary/aromatic N) is 1. The number of pyridine rings is 1. The van der Waals surface area contributed by atoms with E-state index >= 15 is 0 Å². The molecule has 167 valence electrons. The SMILES string of the molecule is CC1(C)c2c[c-]c(-c3cc4c(cn3)C3CC(C4)C3(C)C)cc2C(C)(C)c2ccccc21.[Ir]. The third kappa shape index (κ3) is 2.75. The molecule has 2 aromatic carbocycles. The van der Waals surface area contributed by atoms with Crippen molar-refractivity contribution in [3.8, 4) is 11.3 Å². The van der Waals surface area contributed by atoms with Gasteiger partial charge in [-0.05, 0) is 68.9 Å². The van der Waals surface area contributed by atoms with Gasteiger partial charge < -0.3 is 4.98 Å². The van der Waals surface area contributed by atoms with Crippen molar-refractivity contribution in [1.29, 1.82) is 0 Å². The smallest absolute Gasteiger partial charge is 0.0198 e. The molecule has 0 aliphatic heterocycles. The molecule has 0 spiro atoms. The second kappa shape index (κ2) is 6.87. The summed E-state index contributed by atoms with van der Waals surface area (Å²) in [6, 6.07) is 19.5. The molecule has 1 heterocycles. The molecule has 2 unspecified atom stereocenters. The normalized spacial score (nSPS) is 24.8. The van der Waals surface area contributed by atoms with Crippen molar-refractivity contribution in [2.45, 2.75) is 71.1 Å². The first kappa shape index (κ1) is 22.1. The van der Waals surface area contributed by atoms with Crippen molar-refractivity contribution in [2.75, 3.05) is 0 Å². The van der Waals surface area contributed by atoms with Gasteiger partial charge in [-0.2, -0.15) is 0 Å². The molecule has 7 rings (SSSR count). The van der Waals surface area contributed by atoms with E-state index in [1.165, 1.54) is 46.2 Å². The fourth-order valence-corrected chi connectivity index (χ4v) is 6.84. The van der Waals surface area contributed by atoms with E-state index < -0.39 is 0 Å². The first-order valence-corrected chi connectivity index (χ1v) is 11.8. The predicted molar refractivity (Wildman–Crippen MR) is 128 cm³/mol. The van der Waals surface area contributed by atoms with Crippen LogP contribution in [0.1, 0.15) is 87.3 Å². The van der Waals surface area contributed by atoms with E-state index in [4.69, 9.17) is 4.98 Å². The van der Waals surface area contributed by atoms with E-state index in [-0.39, 0.29) is 30.9 Å². The van der Waals surface area contributed by atoms with Crippen LogP contribution in [0.3, 0.4) is 0 Å². The summed E-state index contributed by atoms with van der Waals surface area (Å²) in [7, 11) is 0. The summed E-state index contributed by atoms with van der Waals surface area (Å²) in [5.41, 5.74) is 11.3. The first-order valence-electron chi connectivity index (χ1n) is 11.8. The summed E-state index contributed by atoms with van der Waals surface area (Å²) >= 11 is 0. The second-order valence-corrected chi connectivity index (χ2v) is 11.7. The second-order valence-electron chi connectivity index (χ2n) is 11.7. The summed E-state index contributed by atoms with van der Waals surface area (Å²) in [4.78, 5) is 4.95. The fraction of sp³-hybridized carbons (Fsp3) is 0.433. The molecule has 2 bridgehead atoms. The summed E-state index contributed by atoms with van der Waals surface area (Å²) < 4.78 is 0. The van der Waals surface area contributed by atoms with Gasteiger partial charge in [-0.1, -0.05) is 71.9 Å². The Morgan fingerprint density at radius 1 is 0.875 bits per heavy atom. The summed E-state index contributed by atoms with van der Waals surface area (Å²) in [5.74, 6) is 1.51. The zero-order chi connectivity index (χ0) is 21.8. The van der Waals surface area contributed by atoms with Crippen molar-refractivity contribution in [3.63, 3.8) is 0 Å². The van der Waals surface area contributed by atoms with Gasteiger partial charge in [0.2, 0.25) is 0 Å². The van der Waals surface area contributed by atoms with Crippen LogP contribution in [0.2, 0.25) is 0 Å². The number of fused-ring (bicyclic) bond motifs is 2. The predicted octanol–water partition coefficient (Wildman–Crippen LogP) is 7.20. The zero-order valence-corrected chi connectivity index (χ0v) is 22.4. The quantitative estimate of drug-likeness (QED) is 0.270. The van der Waals surface area contributed by atoms with Crippen LogP contribution in [0.15, 0.2) is 48.7 Å². The van der Waals surface area contributed by atoms with Crippen molar-refractivity contribution in [2.24, 2.45) is 11.3 Å². The van der Waals surface area contributed by atoms with E-state index in [1.54, 1.807) is 0 Å².